The molecule has 1 aromatic heterocycles. The summed E-state index contributed by atoms with van der Waals surface area (Å²) in [7, 11) is 1.66. The number of methoxy groups -OCH3 is 1. The first kappa shape index (κ1) is 14.6. The van der Waals surface area contributed by atoms with E-state index >= 15 is 0 Å². The first-order valence-corrected chi connectivity index (χ1v) is 7.17. The van der Waals surface area contributed by atoms with Gasteiger partial charge in [-0.2, -0.15) is 0 Å². The molecule has 2 N–H and O–H groups in total. The smallest absolute Gasteiger partial charge is 0.118 e. The van der Waals surface area contributed by atoms with Crippen LogP contribution in [0.1, 0.15) is 16.0 Å². The van der Waals surface area contributed by atoms with Crippen LogP contribution in [-0.2, 0) is 18.0 Å². The lowest BCUT2D eigenvalue weighted by molar-refractivity contribution is 0.109. The van der Waals surface area contributed by atoms with Crippen molar-refractivity contribution in [2.75, 3.05) is 13.7 Å². The zero-order valence-corrected chi connectivity index (χ0v) is 12.2. The maximum atomic E-state index is 5.69. The van der Waals surface area contributed by atoms with Crippen molar-refractivity contribution in [3.8, 4) is 17.6 Å². The molecule has 0 atom stereocenters. The summed E-state index contributed by atoms with van der Waals surface area (Å²) in [5.74, 6) is 6.71. The monoisotopic (exact) mass is 287 g/mol. The Balaban J connectivity index is 1.81. The molecule has 0 amide bonds. The summed E-state index contributed by atoms with van der Waals surface area (Å²) < 4.78 is 10.8. The number of rotatable bonds is 5. The molecule has 2 rings (SSSR count). The van der Waals surface area contributed by atoms with Crippen LogP contribution >= 0.6 is 11.3 Å². The van der Waals surface area contributed by atoms with Gasteiger partial charge in [-0.15, -0.1) is 11.3 Å². The molecule has 1 aromatic carbocycles. The van der Waals surface area contributed by atoms with Crippen molar-refractivity contribution >= 4 is 11.3 Å². The normalized spacial score (nSPS) is 9.90. The lowest BCUT2D eigenvalue weighted by Crippen LogP contribution is -1.93. The molecule has 2 aromatic rings. The molecule has 0 aliphatic carbocycles. The van der Waals surface area contributed by atoms with Gasteiger partial charge in [0.15, 0.2) is 0 Å². The van der Waals surface area contributed by atoms with Crippen molar-refractivity contribution < 1.29 is 9.47 Å². The van der Waals surface area contributed by atoms with Gasteiger partial charge >= 0.3 is 0 Å². The van der Waals surface area contributed by atoms with E-state index in [0.29, 0.717) is 19.8 Å². The van der Waals surface area contributed by atoms with E-state index in [9.17, 15) is 0 Å². The molecule has 3 nitrogen and oxygen atoms in total. The Morgan fingerprint density at radius 2 is 2.00 bits per heavy atom. The largest absolute Gasteiger partial charge is 0.497 e. The van der Waals surface area contributed by atoms with E-state index in [4.69, 9.17) is 15.2 Å². The maximum Gasteiger partial charge on any atom is 0.118 e. The molecule has 4 heteroatoms. The van der Waals surface area contributed by atoms with E-state index in [1.54, 1.807) is 18.4 Å². The lowest BCUT2D eigenvalue weighted by atomic mass is 10.2. The SMILES string of the molecule is COc1ccc(COCc2cc(C#CCN)cs2)cc1. The Hall–Kier alpha value is -1.80. The highest BCUT2D eigenvalue weighted by molar-refractivity contribution is 7.10. The second-order valence-electron chi connectivity index (χ2n) is 4.15. The minimum absolute atomic E-state index is 0.388. The quantitative estimate of drug-likeness (QED) is 0.860. The van der Waals surface area contributed by atoms with Gasteiger partial charge in [-0.3, -0.25) is 0 Å². The first-order valence-electron chi connectivity index (χ1n) is 6.29. The van der Waals surface area contributed by atoms with Gasteiger partial charge < -0.3 is 15.2 Å². The maximum absolute atomic E-state index is 5.69. The highest BCUT2D eigenvalue weighted by Gasteiger charge is 1.99. The highest BCUT2D eigenvalue weighted by Crippen LogP contribution is 2.16. The molecule has 0 bridgehead atoms. The molecule has 0 saturated heterocycles. The Labute approximate surface area is 123 Å². The van der Waals surface area contributed by atoms with Crippen LogP contribution in [0.2, 0.25) is 0 Å². The number of thiophene rings is 1. The zero-order chi connectivity index (χ0) is 14.2. The molecule has 0 unspecified atom stereocenters. The highest BCUT2D eigenvalue weighted by atomic mass is 32.1. The molecular formula is C16H17NO2S. The van der Waals surface area contributed by atoms with Gasteiger partial charge in [-0.05, 0) is 23.8 Å². The second kappa shape index (κ2) is 7.71. The Morgan fingerprint density at radius 3 is 2.70 bits per heavy atom. The second-order valence-corrected chi connectivity index (χ2v) is 5.14. The molecule has 20 heavy (non-hydrogen) atoms. The zero-order valence-electron chi connectivity index (χ0n) is 11.4. The van der Waals surface area contributed by atoms with Crippen molar-refractivity contribution in [2.45, 2.75) is 13.2 Å². The van der Waals surface area contributed by atoms with Gasteiger partial charge in [0.1, 0.15) is 5.75 Å². The summed E-state index contributed by atoms with van der Waals surface area (Å²) >= 11 is 1.65. The van der Waals surface area contributed by atoms with Crippen molar-refractivity contribution in [2.24, 2.45) is 5.73 Å². The topological polar surface area (TPSA) is 44.5 Å². The third-order valence-corrected chi connectivity index (χ3v) is 3.57. The standard InChI is InChI=1S/C16H17NO2S/c1-18-15-6-4-13(5-7-15)10-19-11-16-9-14(12-20-16)3-2-8-17/h4-7,9,12H,8,10-11,17H2,1H3. The number of ether oxygens (including phenoxy) is 2. The van der Waals surface area contributed by atoms with E-state index in [1.165, 1.54) is 4.88 Å². The molecular weight excluding hydrogens is 270 g/mol. The summed E-state index contributed by atoms with van der Waals surface area (Å²) in [5.41, 5.74) is 7.48. The van der Waals surface area contributed by atoms with E-state index in [1.807, 2.05) is 35.7 Å². The average Bonchev–Trinajstić information content (AvgIpc) is 2.94. The fourth-order valence-electron chi connectivity index (χ4n) is 1.67. The van der Waals surface area contributed by atoms with Crippen LogP contribution in [0.4, 0.5) is 0 Å². The first-order chi connectivity index (χ1) is 9.81. The van der Waals surface area contributed by atoms with Crippen LogP contribution in [0, 0.1) is 11.8 Å². The van der Waals surface area contributed by atoms with Crippen molar-refractivity contribution in [1.29, 1.82) is 0 Å². The molecule has 0 saturated carbocycles. The third kappa shape index (κ3) is 4.39. The fraction of sp³-hybridized carbons (Fsp3) is 0.250. The predicted octanol–water partition coefficient (Wildman–Crippen LogP) is 2.78. The lowest BCUT2D eigenvalue weighted by Gasteiger charge is -2.04. The molecule has 0 radical (unpaired) electrons. The molecule has 0 aliphatic heterocycles. The number of hydrogen-bond donors (Lipinski definition) is 1. The van der Waals surface area contributed by atoms with Crippen molar-refractivity contribution in [3.05, 3.63) is 51.7 Å². The summed E-state index contributed by atoms with van der Waals surface area (Å²) in [6.45, 7) is 1.58. The summed E-state index contributed by atoms with van der Waals surface area (Å²) in [4.78, 5) is 1.17. The molecule has 0 aliphatic rings. The van der Waals surface area contributed by atoms with E-state index in [2.05, 4.69) is 11.8 Å². The van der Waals surface area contributed by atoms with Crippen LogP contribution in [0.3, 0.4) is 0 Å². The summed E-state index contributed by atoms with van der Waals surface area (Å²) in [6, 6.07) is 9.92. The van der Waals surface area contributed by atoms with Gasteiger partial charge in [0.25, 0.3) is 0 Å². The fourth-order valence-corrected chi connectivity index (χ4v) is 2.42. The van der Waals surface area contributed by atoms with Crippen molar-refractivity contribution in [3.63, 3.8) is 0 Å². The molecule has 1 heterocycles. The summed E-state index contributed by atoms with van der Waals surface area (Å²) in [6.07, 6.45) is 0. The number of benzene rings is 1. The number of hydrogen-bond acceptors (Lipinski definition) is 4. The Morgan fingerprint density at radius 1 is 1.20 bits per heavy atom. The minimum atomic E-state index is 0.388. The Kier molecular flexibility index (Phi) is 5.63. The van der Waals surface area contributed by atoms with Gasteiger partial charge in [0, 0.05) is 15.8 Å². The van der Waals surface area contributed by atoms with Crippen LogP contribution in [0.5, 0.6) is 5.75 Å². The molecule has 0 fully saturated rings. The van der Waals surface area contributed by atoms with Crippen LogP contribution in [0.25, 0.3) is 0 Å². The van der Waals surface area contributed by atoms with Crippen LogP contribution in [-0.4, -0.2) is 13.7 Å². The third-order valence-electron chi connectivity index (χ3n) is 2.66. The van der Waals surface area contributed by atoms with Crippen LogP contribution in [0.15, 0.2) is 35.7 Å². The van der Waals surface area contributed by atoms with Gasteiger partial charge in [0.2, 0.25) is 0 Å². The summed E-state index contributed by atoms with van der Waals surface area (Å²) in [5, 5.41) is 2.02. The van der Waals surface area contributed by atoms with E-state index in [-0.39, 0.29) is 0 Å². The van der Waals surface area contributed by atoms with Crippen LogP contribution < -0.4 is 10.5 Å². The predicted molar refractivity (Wildman–Crippen MR) is 81.7 cm³/mol. The minimum Gasteiger partial charge on any atom is -0.497 e. The van der Waals surface area contributed by atoms with Gasteiger partial charge in [-0.1, -0.05) is 24.0 Å². The van der Waals surface area contributed by atoms with E-state index < -0.39 is 0 Å². The van der Waals surface area contributed by atoms with Gasteiger partial charge in [-0.25, -0.2) is 0 Å². The Bertz CT molecular complexity index is 593. The van der Waals surface area contributed by atoms with E-state index in [0.717, 1.165) is 16.9 Å². The number of nitrogens with two attached hydrogens (primary N) is 1. The van der Waals surface area contributed by atoms with Crippen molar-refractivity contribution in [1.82, 2.24) is 0 Å². The van der Waals surface area contributed by atoms with Gasteiger partial charge in [0.05, 0.1) is 26.9 Å². The molecule has 104 valence electrons. The average molecular weight is 287 g/mol. The molecule has 0 spiro atoms.